The van der Waals surface area contributed by atoms with Crippen LogP contribution < -0.4 is 15.7 Å². The molecule has 0 saturated heterocycles. The van der Waals surface area contributed by atoms with Crippen LogP contribution in [0.5, 0.6) is 5.75 Å². The van der Waals surface area contributed by atoms with Crippen molar-refractivity contribution >= 4 is 11.5 Å². The van der Waals surface area contributed by atoms with Crippen molar-refractivity contribution in [3.05, 3.63) is 58.7 Å². The maximum absolute atomic E-state index is 13.5. The summed E-state index contributed by atoms with van der Waals surface area (Å²) in [5.74, 6) is 0.868. The minimum atomic E-state index is -3.09. The molecule has 2 heterocycles. The van der Waals surface area contributed by atoms with Gasteiger partial charge in [0, 0.05) is 23.9 Å². The third-order valence-electron chi connectivity index (χ3n) is 5.05. The summed E-state index contributed by atoms with van der Waals surface area (Å²) in [6.07, 6.45) is -5.71. The van der Waals surface area contributed by atoms with Crippen molar-refractivity contribution in [2.45, 2.75) is 57.7 Å². The summed E-state index contributed by atoms with van der Waals surface area (Å²) in [5.41, 5.74) is 0.984. The third-order valence-corrected chi connectivity index (χ3v) is 5.05. The molecule has 1 aliphatic heterocycles. The molecule has 1 aliphatic rings. The Labute approximate surface area is 184 Å². The first-order valence-corrected chi connectivity index (χ1v) is 10.1. The van der Waals surface area contributed by atoms with Gasteiger partial charge < -0.3 is 25.0 Å². The third kappa shape index (κ3) is 5.32. The normalized spacial score (nSPS) is 17.4. The molecule has 3 rings (SSSR count). The zero-order valence-corrected chi connectivity index (χ0v) is 18.1. The molecular weight excluding hydrogens is 424 g/mol. The van der Waals surface area contributed by atoms with Crippen LogP contribution in [0.15, 0.2) is 41.8 Å². The molecule has 0 aliphatic carbocycles. The van der Waals surface area contributed by atoms with Gasteiger partial charge in [-0.05, 0) is 38.5 Å². The van der Waals surface area contributed by atoms with Crippen molar-refractivity contribution in [2.75, 3.05) is 11.9 Å². The predicted molar refractivity (Wildman–Crippen MR) is 115 cm³/mol. The second-order valence-corrected chi connectivity index (χ2v) is 8.29. The monoisotopic (exact) mass is 451 g/mol. The van der Waals surface area contributed by atoms with Gasteiger partial charge in [-0.15, -0.1) is 0 Å². The molecule has 0 bridgehead atoms. The van der Waals surface area contributed by atoms with Crippen LogP contribution in [0.25, 0.3) is 5.70 Å². The second-order valence-electron chi connectivity index (χ2n) is 8.29. The molecule has 3 unspecified atom stereocenters. The van der Waals surface area contributed by atoms with E-state index in [9.17, 15) is 23.8 Å². The van der Waals surface area contributed by atoms with Gasteiger partial charge >= 0.3 is 5.69 Å². The number of rotatable bonds is 9. The lowest BCUT2D eigenvalue weighted by Gasteiger charge is -2.26. The molecule has 8 nitrogen and oxygen atoms in total. The molecule has 174 valence electrons. The Kier molecular flexibility index (Phi) is 6.97. The Morgan fingerprint density at radius 2 is 2.12 bits per heavy atom. The molecule has 32 heavy (non-hydrogen) atoms. The lowest BCUT2D eigenvalue weighted by molar-refractivity contribution is -0.168. The number of nitrogens with zero attached hydrogens (tertiary/aromatic N) is 2. The summed E-state index contributed by atoms with van der Waals surface area (Å²) in [6, 6.07) is 6.98. The van der Waals surface area contributed by atoms with Crippen LogP contribution in [0.4, 0.5) is 14.6 Å². The summed E-state index contributed by atoms with van der Waals surface area (Å²) in [7, 11) is 0. The van der Waals surface area contributed by atoms with E-state index in [0.717, 1.165) is 29.5 Å². The highest BCUT2D eigenvalue weighted by atomic mass is 19.3. The molecule has 1 aromatic carbocycles. The number of anilines is 1. The fraction of sp³-hybridized carbons (Fsp3) is 0.455. The maximum Gasteiger partial charge on any atom is 0.351 e. The van der Waals surface area contributed by atoms with E-state index in [1.54, 1.807) is 0 Å². The Morgan fingerprint density at radius 1 is 1.41 bits per heavy atom. The van der Waals surface area contributed by atoms with E-state index in [4.69, 9.17) is 9.47 Å². The number of fused-ring (bicyclic) bond motifs is 1. The van der Waals surface area contributed by atoms with Crippen molar-refractivity contribution in [1.82, 2.24) is 9.55 Å². The first kappa shape index (κ1) is 23.8. The molecule has 3 atom stereocenters. The lowest BCUT2D eigenvalue weighted by Crippen LogP contribution is -2.39. The fourth-order valence-corrected chi connectivity index (χ4v) is 3.41. The van der Waals surface area contributed by atoms with E-state index in [1.807, 2.05) is 32.0 Å². The summed E-state index contributed by atoms with van der Waals surface area (Å²) in [4.78, 5) is 16.2. The molecule has 10 heteroatoms. The highest BCUT2D eigenvalue weighted by molar-refractivity contribution is 5.74. The summed E-state index contributed by atoms with van der Waals surface area (Å²) < 4.78 is 38.6. The number of nitrogens with one attached hydrogen (secondary N) is 1. The molecule has 0 spiro atoms. The van der Waals surface area contributed by atoms with Gasteiger partial charge in [-0.2, -0.15) is 4.98 Å². The first-order chi connectivity index (χ1) is 15.0. The average Bonchev–Trinajstić information content (AvgIpc) is 3.02. The molecule has 0 radical (unpaired) electrons. The fourth-order valence-electron chi connectivity index (χ4n) is 3.41. The van der Waals surface area contributed by atoms with Crippen molar-refractivity contribution in [3.8, 4) is 5.75 Å². The van der Waals surface area contributed by atoms with E-state index in [0.29, 0.717) is 10.3 Å². The number of hydrogen-bond acceptors (Lipinski definition) is 7. The topological polar surface area (TPSA) is 106 Å². The van der Waals surface area contributed by atoms with Crippen LogP contribution in [0.1, 0.15) is 38.1 Å². The smallest absolute Gasteiger partial charge is 0.351 e. The predicted octanol–water partition coefficient (Wildman–Crippen LogP) is 2.56. The lowest BCUT2D eigenvalue weighted by atomic mass is 10.0. The second kappa shape index (κ2) is 9.35. The number of aromatic nitrogens is 2. The zero-order chi connectivity index (χ0) is 23.6. The van der Waals surface area contributed by atoms with Crippen LogP contribution in [0.2, 0.25) is 0 Å². The van der Waals surface area contributed by atoms with Gasteiger partial charge in [-0.3, -0.25) is 4.57 Å². The van der Waals surface area contributed by atoms with Crippen LogP contribution in [0.3, 0.4) is 0 Å². The van der Waals surface area contributed by atoms with Gasteiger partial charge in [-0.25, -0.2) is 13.6 Å². The molecule has 0 fully saturated rings. The summed E-state index contributed by atoms with van der Waals surface area (Å²) in [5, 5.41) is 21.6. The molecular formula is C22H27F2N3O5. The minimum absolute atomic E-state index is 0.111. The quantitative estimate of drug-likeness (QED) is 0.538. The molecule has 0 amide bonds. The van der Waals surface area contributed by atoms with Gasteiger partial charge in [0.2, 0.25) is 0 Å². The highest BCUT2D eigenvalue weighted by Gasteiger charge is 2.31. The average molecular weight is 451 g/mol. The van der Waals surface area contributed by atoms with Gasteiger partial charge in [0.05, 0.1) is 12.7 Å². The highest BCUT2D eigenvalue weighted by Crippen LogP contribution is 2.36. The minimum Gasteiger partial charge on any atom is -0.487 e. The number of aliphatic hydroxyl groups is 2. The number of alkyl halides is 2. The molecule has 3 N–H and O–H groups in total. The molecule has 1 aromatic heterocycles. The zero-order valence-electron chi connectivity index (χ0n) is 18.1. The van der Waals surface area contributed by atoms with Crippen molar-refractivity contribution in [1.29, 1.82) is 0 Å². The van der Waals surface area contributed by atoms with E-state index in [1.165, 1.54) is 13.0 Å². The van der Waals surface area contributed by atoms with E-state index < -0.39 is 37.2 Å². The first-order valence-electron chi connectivity index (χ1n) is 10.1. The standard InChI is InChI=1S/C22H27F2N3O5/c1-12(14-5-6-15-10-22(3,4)32-16(15)9-14)25-18-7-8-27(21(30)26-18)20(19(23)24)31-17(11-28)13(2)29/h5-9,13,17,19-20,28-29H,1,10-11H2,2-4H3,(H,25,26,30). The molecule has 0 saturated carbocycles. The summed E-state index contributed by atoms with van der Waals surface area (Å²) >= 11 is 0. The maximum atomic E-state index is 13.5. The van der Waals surface area contributed by atoms with Gasteiger partial charge in [0.25, 0.3) is 6.43 Å². The van der Waals surface area contributed by atoms with Crippen molar-refractivity contribution < 1.29 is 28.5 Å². The number of ether oxygens (including phenoxy) is 2. The van der Waals surface area contributed by atoms with Gasteiger partial charge in [-0.1, -0.05) is 18.7 Å². The van der Waals surface area contributed by atoms with Gasteiger partial charge in [0.1, 0.15) is 23.3 Å². The van der Waals surface area contributed by atoms with Crippen LogP contribution in [0, 0.1) is 0 Å². The van der Waals surface area contributed by atoms with E-state index in [-0.39, 0.29) is 11.4 Å². The van der Waals surface area contributed by atoms with Crippen LogP contribution in [-0.2, 0) is 11.2 Å². The number of benzene rings is 1. The Balaban J connectivity index is 1.76. The number of halogens is 2. The van der Waals surface area contributed by atoms with Crippen LogP contribution >= 0.6 is 0 Å². The number of aliphatic hydroxyl groups excluding tert-OH is 2. The SMILES string of the molecule is C=C(Nc1ccn(C(OC(CO)C(C)O)C(F)F)c(=O)n1)c1ccc2c(c1)OC(C)(C)C2. The number of hydrogen-bond donors (Lipinski definition) is 3. The Hall–Kier alpha value is -2.82. The van der Waals surface area contributed by atoms with Crippen molar-refractivity contribution in [3.63, 3.8) is 0 Å². The Morgan fingerprint density at radius 3 is 2.72 bits per heavy atom. The summed E-state index contributed by atoms with van der Waals surface area (Å²) in [6.45, 7) is 8.55. The van der Waals surface area contributed by atoms with Crippen LogP contribution in [-0.4, -0.2) is 50.6 Å². The van der Waals surface area contributed by atoms with Crippen molar-refractivity contribution in [2.24, 2.45) is 0 Å². The largest absolute Gasteiger partial charge is 0.487 e. The van der Waals surface area contributed by atoms with E-state index in [2.05, 4.69) is 16.9 Å². The Bertz CT molecular complexity index is 1040. The van der Waals surface area contributed by atoms with Gasteiger partial charge in [0.15, 0.2) is 6.23 Å². The molecule has 2 aromatic rings. The van der Waals surface area contributed by atoms with E-state index >= 15 is 0 Å².